The SMILES string of the molecule is C=CC[C@@]1(C(=O)NCc2ccc(OC)cc2)N=C(c2ccc(OCCCO)cc2)O[C@@H]1c1ccccc1N=[N+]=[N-]. The van der Waals surface area contributed by atoms with Crippen molar-refractivity contribution in [3.8, 4) is 11.5 Å². The molecule has 0 unspecified atom stereocenters. The van der Waals surface area contributed by atoms with Crippen molar-refractivity contribution < 1.29 is 24.1 Å². The van der Waals surface area contributed by atoms with Crippen LogP contribution in [0.3, 0.4) is 0 Å². The molecule has 0 fully saturated rings. The average Bonchev–Trinajstić information content (AvgIpc) is 3.37. The molecule has 2 atom stereocenters. The van der Waals surface area contributed by atoms with E-state index in [2.05, 4.69) is 21.9 Å². The summed E-state index contributed by atoms with van der Waals surface area (Å²) in [6.07, 6.45) is 1.44. The maximum atomic E-state index is 14.0. The van der Waals surface area contributed by atoms with Crippen LogP contribution in [0.2, 0.25) is 0 Å². The summed E-state index contributed by atoms with van der Waals surface area (Å²) in [6.45, 7) is 4.59. The van der Waals surface area contributed by atoms with E-state index in [1.807, 2.05) is 24.3 Å². The Morgan fingerprint density at radius 3 is 2.58 bits per heavy atom. The highest BCUT2D eigenvalue weighted by Crippen LogP contribution is 2.45. The minimum Gasteiger partial charge on any atom is -0.497 e. The third-order valence-electron chi connectivity index (χ3n) is 6.47. The molecule has 0 bridgehead atoms. The number of ether oxygens (including phenoxy) is 3. The zero-order valence-corrected chi connectivity index (χ0v) is 22.2. The number of rotatable bonds is 13. The summed E-state index contributed by atoms with van der Waals surface area (Å²) in [5.74, 6) is 1.26. The number of aliphatic imine (C=N–C) groups is 1. The molecular weight excluding hydrogens is 510 g/mol. The molecule has 206 valence electrons. The standard InChI is InChI=1S/C30H31N5O5/c1-3-17-30(29(37)32-20-21-9-13-23(38-2)14-10-21)27(25-7-4-5-8-26(25)34-35-31)40-28(33-30)22-11-15-24(16-12-22)39-19-6-18-36/h3-5,7-16,27,36H,1,6,17-20H2,2H3,(H,32,37)/t27-,30-/m1/s1. The molecule has 1 aliphatic rings. The molecule has 0 aromatic heterocycles. The van der Waals surface area contributed by atoms with Gasteiger partial charge in [0.25, 0.3) is 5.91 Å². The van der Waals surface area contributed by atoms with E-state index < -0.39 is 11.6 Å². The number of nitrogens with zero attached hydrogens (tertiary/aromatic N) is 4. The van der Waals surface area contributed by atoms with E-state index >= 15 is 0 Å². The van der Waals surface area contributed by atoms with Crippen molar-refractivity contribution in [3.63, 3.8) is 0 Å². The first-order valence-electron chi connectivity index (χ1n) is 12.8. The number of carbonyl (C=O) groups excluding carboxylic acids is 1. The number of benzene rings is 3. The molecule has 4 rings (SSSR count). The van der Waals surface area contributed by atoms with Gasteiger partial charge in [0.15, 0.2) is 11.6 Å². The smallest absolute Gasteiger partial charge is 0.252 e. The van der Waals surface area contributed by atoms with E-state index in [4.69, 9.17) is 29.8 Å². The predicted octanol–water partition coefficient (Wildman–Crippen LogP) is 5.55. The van der Waals surface area contributed by atoms with E-state index in [1.165, 1.54) is 0 Å². The first-order valence-corrected chi connectivity index (χ1v) is 12.8. The van der Waals surface area contributed by atoms with Gasteiger partial charge in [-0.25, -0.2) is 4.99 Å². The number of hydrogen-bond donors (Lipinski definition) is 2. The number of azide groups is 1. The quantitative estimate of drug-likeness (QED) is 0.0961. The molecule has 1 heterocycles. The number of amides is 1. The monoisotopic (exact) mass is 541 g/mol. The molecule has 10 nitrogen and oxygen atoms in total. The summed E-state index contributed by atoms with van der Waals surface area (Å²) in [5, 5.41) is 15.8. The van der Waals surface area contributed by atoms with Gasteiger partial charge in [0, 0.05) is 47.7 Å². The second kappa shape index (κ2) is 13.3. The maximum absolute atomic E-state index is 14.0. The highest BCUT2D eigenvalue weighted by atomic mass is 16.5. The second-order valence-electron chi connectivity index (χ2n) is 9.06. The molecule has 1 aliphatic heterocycles. The van der Waals surface area contributed by atoms with Crippen LogP contribution in [0.25, 0.3) is 10.4 Å². The Morgan fingerprint density at radius 1 is 1.18 bits per heavy atom. The Labute approximate surface area is 232 Å². The van der Waals surface area contributed by atoms with Gasteiger partial charge in [-0.05, 0) is 47.5 Å². The van der Waals surface area contributed by atoms with Crippen LogP contribution in [0.15, 0.2) is 95.6 Å². The summed E-state index contributed by atoms with van der Waals surface area (Å²) < 4.78 is 17.2. The maximum Gasteiger partial charge on any atom is 0.252 e. The van der Waals surface area contributed by atoms with Crippen LogP contribution in [-0.4, -0.2) is 42.8 Å². The molecule has 2 N–H and O–H groups in total. The fourth-order valence-electron chi connectivity index (χ4n) is 4.44. The van der Waals surface area contributed by atoms with Gasteiger partial charge < -0.3 is 24.6 Å². The molecule has 40 heavy (non-hydrogen) atoms. The van der Waals surface area contributed by atoms with Crippen molar-refractivity contribution in [1.29, 1.82) is 0 Å². The molecule has 1 amide bonds. The van der Waals surface area contributed by atoms with Crippen LogP contribution >= 0.6 is 0 Å². The Balaban J connectivity index is 1.70. The zero-order chi connectivity index (χ0) is 28.4. The topological polar surface area (TPSA) is 138 Å². The minimum absolute atomic E-state index is 0.0490. The van der Waals surface area contributed by atoms with Gasteiger partial charge in [0.2, 0.25) is 5.90 Å². The Kier molecular flexibility index (Phi) is 9.40. The fraction of sp³-hybridized carbons (Fsp3) is 0.267. The van der Waals surface area contributed by atoms with E-state index in [9.17, 15) is 4.79 Å². The second-order valence-corrected chi connectivity index (χ2v) is 9.06. The lowest BCUT2D eigenvalue weighted by molar-refractivity contribution is -0.129. The lowest BCUT2D eigenvalue weighted by Crippen LogP contribution is -2.47. The minimum atomic E-state index is -1.42. The lowest BCUT2D eigenvalue weighted by atomic mass is 9.83. The molecule has 0 saturated heterocycles. The summed E-state index contributed by atoms with van der Waals surface area (Å²) in [6, 6.07) is 21.5. The Bertz CT molecular complexity index is 1400. The molecule has 0 saturated carbocycles. The van der Waals surface area contributed by atoms with E-state index in [0.717, 1.165) is 11.3 Å². The molecule has 0 aliphatic carbocycles. The van der Waals surface area contributed by atoms with Gasteiger partial charge in [-0.2, -0.15) is 0 Å². The Hall–Kier alpha value is -4.79. The molecule has 0 spiro atoms. The van der Waals surface area contributed by atoms with Crippen LogP contribution in [0.4, 0.5) is 5.69 Å². The largest absolute Gasteiger partial charge is 0.497 e. The molecule has 3 aromatic rings. The van der Waals surface area contributed by atoms with Crippen LogP contribution in [0.5, 0.6) is 11.5 Å². The zero-order valence-electron chi connectivity index (χ0n) is 22.2. The molecule has 10 heteroatoms. The highest BCUT2D eigenvalue weighted by Gasteiger charge is 2.52. The van der Waals surface area contributed by atoms with Crippen LogP contribution in [0, 0.1) is 0 Å². The molecule has 3 aromatic carbocycles. The van der Waals surface area contributed by atoms with Crippen molar-refractivity contribution in [2.24, 2.45) is 10.1 Å². The number of hydrogen-bond acceptors (Lipinski definition) is 7. The number of aliphatic hydroxyl groups is 1. The summed E-state index contributed by atoms with van der Waals surface area (Å²) in [4.78, 5) is 21.8. The molecular formula is C30H31N5O5. The predicted molar refractivity (Wildman–Crippen MR) is 152 cm³/mol. The van der Waals surface area contributed by atoms with Crippen molar-refractivity contribution in [2.75, 3.05) is 20.3 Å². The Morgan fingerprint density at radius 2 is 1.90 bits per heavy atom. The summed E-state index contributed by atoms with van der Waals surface area (Å²) in [7, 11) is 1.59. The summed E-state index contributed by atoms with van der Waals surface area (Å²) >= 11 is 0. The highest BCUT2D eigenvalue weighted by molar-refractivity contribution is 6.01. The van der Waals surface area contributed by atoms with Crippen LogP contribution in [-0.2, 0) is 16.1 Å². The number of carbonyl (C=O) groups is 1. The van der Waals surface area contributed by atoms with Gasteiger partial charge in [0.05, 0.1) is 13.7 Å². The van der Waals surface area contributed by atoms with Crippen molar-refractivity contribution in [3.05, 3.63) is 113 Å². The number of aliphatic hydroxyl groups excluding tert-OH is 1. The first kappa shape index (κ1) is 28.2. The van der Waals surface area contributed by atoms with Crippen molar-refractivity contribution in [1.82, 2.24) is 5.32 Å². The van der Waals surface area contributed by atoms with Crippen LogP contribution < -0.4 is 14.8 Å². The lowest BCUT2D eigenvalue weighted by Gasteiger charge is -2.30. The van der Waals surface area contributed by atoms with Gasteiger partial charge in [-0.15, -0.1) is 6.58 Å². The third kappa shape index (κ3) is 6.26. The van der Waals surface area contributed by atoms with Crippen molar-refractivity contribution >= 4 is 17.5 Å². The number of nitrogens with one attached hydrogen (secondary N) is 1. The first-order chi connectivity index (χ1) is 19.5. The van der Waals surface area contributed by atoms with Crippen LogP contribution in [0.1, 0.15) is 35.6 Å². The van der Waals surface area contributed by atoms with Gasteiger partial charge >= 0.3 is 0 Å². The normalized spacial score (nSPS) is 17.6. The third-order valence-corrected chi connectivity index (χ3v) is 6.47. The van der Waals surface area contributed by atoms with Gasteiger partial charge in [0.1, 0.15) is 11.5 Å². The van der Waals surface area contributed by atoms with E-state index in [1.54, 1.807) is 61.7 Å². The van der Waals surface area contributed by atoms with E-state index in [0.29, 0.717) is 35.6 Å². The molecule has 0 radical (unpaired) electrons. The van der Waals surface area contributed by atoms with E-state index in [-0.39, 0.29) is 31.4 Å². The summed E-state index contributed by atoms with van der Waals surface area (Å²) in [5.41, 5.74) is 10.2. The van der Waals surface area contributed by atoms with Crippen molar-refractivity contribution in [2.45, 2.75) is 31.0 Å². The number of methoxy groups -OCH3 is 1. The van der Waals surface area contributed by atoms with Gasteiger partial charge in [-0.1, -0.05) is 47.6 Å². The average molecular weight is 542 g/mol. The van der Waals surface area contributed by atoms with Gasteiger partial charge in [-0.3, -0.25) is 4.79 Å². The fourth-order valence-corrected chi connectivity index (χ4v) is 4.44.